The molecule has 140 valence electrons. The molecule has 0 saturated carbocycles. The van der Waals surface area contributed by atoms with Gasteiger partial charge < -0.3 is 14.4 Å². The summed E-state index contributed by atoms with van der Waals surface area (Å²) in [5.74, 6) is 0.720. The van der Waals surface area contributed by atoms with Gasteiger partial charge in [-0.2, -0.15) is 5.10 Å². The van der Waals surface area contributed by atoms with Crippen molar-refractivity contribution in [1.82, 2.24) is 19.7 Å². The number of hydrogen-bond acceptors (Lipinski definition) is 6. The lowest BCUT2D eigenvalue weighted by molar-refractivity contribution is 0.0761. The number of thiazole rings is 1. The largest absolute Gasteiger partial charge is 0.497 e. The Morgan fingerprint density at radius 3 is 3.00 bits per heavy atom. The van der Waals surface area contributed by atoms with Crippen LogP contribution in [-0.2, 0) is 7.05 Å². The summed E-state index contributed by atoms with van der Waals surface area (Å²) in [7, 11) is 3.42. The van der Waals surface area contributed by atoms with Crippen molar-refractivity contribution in [3.8, 4) is 22.2 Å². The van der Waals surface area contributed by atoms with E-state index in [0.29, 0.717) is 24.0 Å². The van der Waals surface area contributed by atoms with Crippen molar-refractivity contribution >= 4 is 17.2 Å². The maximum absolute atomic E-state index is 13.0. The van der Waals surface area contributed by atoms with Gasteiger partial charge in [0.1, 0.15) is 17.5 Å². The van der Waals surface area contributed by atoms with Crippen LogP contribution in [0, 0.1) is 0 Å². The number of methoxy groups -OCH3 is 1. The number of aryl methyl sites for hydroxylation is 1. The number of rotatable bonds is 5. The summed E-state index contributed by atoms with van der Waals surface area (Å²) in [6.45, 7) is 1.21. The number of benzene rings is 1. The minimum absolute atomic E-state index is 0.0221. The molecule has 4 rings (SSSR count). The van der Waals surface area contributed by atoms with Crippen molar-refractivity contribution in [3.63, 3.8) is 0 Å². The van der Waals surface area contributed by atoms with E-state index in [4.69, 9.17) is 9.47 Å². The molecular formula is C19H20N4O3S. The Morgan fingerprint density at radius 2 is 2.22 bits per heavy atom. The van der Waals surface area contributed by atoms with E-state index in [9.17, 15) is 4.79 Å². The van der Waals surface area contributed by atoms with Gasteiger partial charge in [0.05, 0.1) is 19.3 Å². The first kappa shape index (κ1) is 17.5. The lowest BCUT2D eigenvalue weighted by Crippen LogP contribution is -2.32. The molecule has 8 heteroatoms. The van der Waals surface area contributed by atoms with Crippen LogP contribution >= 0.6 is 11.3 Å². The Morgan fingerprint density at radius 1 is 1.33 bits per heavy atom. The van der Waals surface area contributed by atoms with Gasteiger partial charge in [-0.15, -0.1) is 0 Å². The molecule has 3 heterocycles. The third kappa shape index (κ3) is 3.66. The van der Waals surface area contributed by atoms with Gasteiger partial charge >= 0.3 is 0 Å². The minimum Gasteiger partial charge on any atom is -0.497 e. The zero-order chi connectivity index (χ0) is 18.8. The SMILES string of the molecule is COc1cccc(-c2cc(C(=O)N3CCC(Oc4nccs4)C3)n(C)n2)c1. The smallest absolute Gasteiger partial charge is 0.273 e. The summed E-state index contributed by atoms with van der Waals surface area (Å²) in [6, 6.07) is 9.47. The number of carbonyl (C=O) groups excluding carboxylic acids is 1. The predicted molar refractivity (Wildman–Crippen MR) is 102 cm³/mol. The topological polar surface area (TPSA) is 69.5 Å². The fourth-order valence-corrected chi connectivity index (χ4v) is 3.72. The summed E-state index contributed by atoms with van der Waals surface area (Å²) < 4.78 is 12.7. The van der Waals surface area contributed by atoms with E-state index < -0.39 is 0 Å². The second-order valence-electron chi connectivity index (χ2n) is 6.35. The minimum atomic E-state index is -0.0376. The van der Waals surface area contributed by atoms with E-state index >= 15 is 0 Å². The van der Waals surface area contributed by atoms with Gasteiger partial charge in [0.15, 0.2) is 0 Å². The van der Waals surface area contributed by atoms with Gasteiger partial charge in [-0.1, -0.05) is 23.5 Å². The molecule has 2 aromatic heterocycles. The van der Waals surface area contributed by atoms with Crippen molar-refractivity contribution in [2.24, 2.45) is 7.05 Å². The van der Waals surface area contributed by atoms with Crippen LogP contribution in [0.15, 0.2) is 41.9 Å². The zero-order valence-electron chi connectivity index (χ0n) is 15.2. The first-order valence-corrected chi connectivity index (χ1v) is 9.56. The first-order valence-electron chi connectivity index (χ1n) is 8.68. The highest BCUT2D eigenvalue weighted by molar-refractivity contribution is 7.11. The maximum Gasteiger partial charge on any atom is 0.273 e. The van der Waals surface area contributed by atoms with Gasteiger partial charge in [0, 0.05) is 37.2 Å². The highest BCUT2D eigenvalue weighted by Gasteiger charge is 2.30. The van der Waals surface area contributed by atoms with Gasteiger partial charge in [0.25, 0.3) is 11.1 Å². The van der Waals surface area contributed by atoms with E-state index in [-0.39, 0.29) is 12.0 Å². The number of hydrogen-bond donors (Lipinski definition) is 0. The van der Waals surface area contributed by atoms with Crippen LogP contribution in [0.5, 0.6) is 10.9 Å². The fraction of sp³-hybridized carbons (Fsp3) is 0.316. The number of ether oxygens (including phenoxy) is 2. The highest BCUT2D eigenvalue weighted by atomic mass is 32.1. The molecule has 1 aliphatic rings. The van der Waals surface area contributed by atoms with E-state index in [2.05, 4.69) is 10.1 Å². The first-order chi connectivity index (χ1) is 13.1. The lowest BCUT2D eigenvalue weighted by Gasteiger charge is -2.16. The Labute approximate surface area is 161 Å². The fourth-order valence-electron chi connectivity index (χ4n) is 3.17. The second-order valence-corrected chi connectivity index (χ2v) is 7.21. The molecule has 3 aromatic rings. The molecule has 0 bridgehead atoms. The van der Waals surface area contributed by atoms with Gasteiger partial charge in [-0.05, 0) is 18.2 Å². The number of carbonyl (C=O) groups is 1. The quantitative estimate of drug-likeness (QED) is 0.677. The molecule has 1 amide bonds. The molecular weight excluding hydrogens is 364 g/mol. The second kappa shape index (κ2) is 7.40. The van der Waals surface area contributed by atoms with Crippen LogP contribution in [0.2, 0.25) is 0 Å². The number of nitrogens with zero attached hydrogens (tertiary/aromatic N) is 4. The van der Waals surface area contributed by atoms with Crippen LogP contribution in [0.3, 0.4) is 0 Å². The molecule has 0 N–H and O–H groups in total. The monoisotopic (exact) mass is 384 g/mol. The molecule has 1 aromatic carbocycles. The Bertz CT molecular complexity index is 938. The summed E-state index contributed by atoms with van der Waals surface area (Å²) in [5, 5.41) is 7.03. The molecule has 0 spiro atoms. The van der Waals surface area contributed by atoms with E-state index in [1.807, 2.05) is 40.6 Å². The van der Waals surface area contributed by atoms with Crippen molar-refractivity contribution in [2.75, 3.05) is 20.2 Å². The number of amides is 1. The zero-order valence-corrected chi connectivity index (χ0v) is 16.0. The molecule has 0 aliphatic carbocycles. The van der Waals surface area contributed by atoms with Gasteiger partial charge in [-0.3, -0.25) is 9.48 Å². The normalized spacial score (nSPS) is 16.5. The third-order valence-electron chi connectivity index (χ3n) is 4.57. The summed E-state index contributed by atoms with van der Waals surface area (Å²) in [6.07, 6.45) is 2.49. The summed E-state index contributed by atoms with van der Waals surface area (Å²) >= 11 is 1.46. The molecule has 1 saturated heterocycles. The molecule has 1 atom stereocenters. The van der Waals surface area contributed by atoms with Crippen molar-refractivity contribution in [1.29, 1.82) is 0 Å². The molecule has 27 heavy (non-hydrogen) atoms. The molecule has 1 fully saturated rings. The van der Waals surface area contributed by atoms with E-state index in [0.717, 1.165) is 23.4 Å². The van der Waals surface area contributed by atoms with Crippen LogP contribution < -0.4 is 9.47 Å². The molecule has 1 unspecified atom stereocenters. The number of likely N-dealkylation sites (tertiary alicyclic amines) is 1. The Hall–Kier alpha value is -2.87. The third-order valence-corrected chi connectivity index (χ3v) is 5.23. The van der Waals surface area contributed by atoms with Gasteiger partial charge in [-0.25, -0.2) is 4.98 Å². The van der Waals surface area contributed by atoms with Crippen molar-refractivity contribution in [2.45, 2.75) is 12.5 Å². The molecule has 7 nitrogen and oxygen atoms in total. The lowest BCUT2D eigenvalue weighted by atomic mass is 10.1. The highest BCUT2D eigenvalue weighted by Crippen LogP contribution is 2.25. The predicted octanol–water partition coefficient (Wildman–Crippen LogP) is 2.85. The average molecular weight is 384 g/mol. The van der Waals surface area contributed by atoms with Gasteiger partial charge in [0.2, 0.25) is 0 Å². The van der Waals surface area contributed by atoms with Crippen molar-refractivity contribution < 1.29 is 14.3 Å². The van der Waals surface area contributed by atoms with Crippen molar-refractivity contribution in [3.05, 3.63) is 47.6 Å². The molecule has 0 radical (unpaired) electrons. The Balaban J connectivity index is 1.48. The van der Waals surface area contributed by atoms with E-state index in [1.54, 1.807) is 25.0 Å². The summed E-state index contributed by atoms with van der Waals surface area (Å²) in [4.78, 5) is 18.9. The van der Waals surface area contributed by atoms with Crippen LogP contribution in [0.1, 0.15) is 16.9 Å². The average Bonchev–Trinajstić information content (AvgIpc) is 3.43. The van der Waals surface area contributed by atoms with Crippen LogP contribution in [0.25, 0.3) is 11.3 Å². The standard InChI is InChI=1S/C19H20N4O3S/c1-22-17(11-16(21-22)13-4-3-5-14(10-13)25-2)18(24)23-8-6-15(12-23)26-19-20-7-9-27-19/h3-5,7,9-11,15H,6,8,12H2,1-2H3. The van der Waals surface area contributed by atoms with E-state index in [1.165, 1.54) is 11.3 Å². The Kier molecular flexibility index (Phi) is 4.81. The molecule has 1 aliphatic heterocycles. The maximum atomic E-state index is 13.0. The summed E-state index contributed by atoms with van der Waals surface area (Å²) in [5.41, 5.74) is 2.22. The van der Waals surface area contributed by atoms with Crippen LogP contribution in [-0.4, -0.2) is 51.9 Å². The van der Waals surface area contributed by atoms with Crippen LogP contribution in [0.4, 0.5) is 0 Å². The number of aromatic nitrogens is 3.